The molecule has 0 heterocycles. The summed E-state index contributed by atoms with van der Waals surface area (Å²) in [5.41, 5.74) is 5.00. The minimum atomic E-state index is -3.40. The van der Waals surface area contributed by atoms with Gasteiger partial charge in [0.1, 0.15) is 0 Å². The minimum absolute atomic E-state index is 0.222. The molecule has 0 spiro atoms. The fraction of sp³-hybridized carbons (Fsp3) is 0.240. The van der Waals surface area contributed by atoms with Crippen molar-refractivity contribution in [3.63, 3.8) is 0 Å². The lowest BCUT2D eigenvalue weighted by molar-refractivity contribution is -0.0756. The van der Waals surface area contributed by atoms with Crippen LogP contribution in [0.5, 0.6) is 0 Å². The van der Waals surface area contributed by atoms with Crippen molar-refractivity contribution in [1.82, 2.24) is 5.06 Å². The number of rotatable bonds is 9. The van der Waals surface area contributed by atoms with Crippen molar-refractivity contribution in [2.45, 2.75) is 20.0 Å². The van der Waals surface area contributed by atoms with Gasteiger partial charge in [-0.2, -0.15) is 0 Å². The third-order valence-electron chi connectivity index (χ3n) is 5.29. The van der Waals surface area contributed by atoms with E-state index in [0.29, 0.717) is 24.3 Å². The predicted molar refractivity (Wildman–Crippen MR) is 132 cm³/mol. The Morgan fingerprint density at radius 3 is 2.09 bits per heavy atom. The lowest BCUT2D eigenvalue weighted by atomic mass is 10.1. The zero-order valence-electron chi connectivity index (χ0n) is 19.3. The number of nitrogens with one attached hydrogen (secondary N) is 1. The third-order valence-corrected chi connectivity index (χ3v) is 5.88. The summed E-state index contributed by atoms with van der Waals surface area (Å²) in [7, 11) is -0.382. The van der Waals surface area contributed by atoms with E-state index >= 15 is 0 Å². The minimum Gasteiger partial charge on any atom is -0.363 e. The molecule has 0 radical (unpaired) electrons. The zero-order valence-corrected chi connectivity index (χ0v) is 20.1. The number of sulfonamides is 1. The molecule has 0 saturated heterocycles. The summed E-state index contributed by atoms with van der Waals surface area (Å²) in [5.74, 6) is -0.222. The molecule has 3 aromatic rings. The quantitative estimate of drug-likeness (QED) is 0.477. The monoisotopic (exact) mass is 467 g/mol. The Balaban J connectivity index is 1.93. The predicted octanol–water partition coefficient (Wildman–Crippen LogP) is 4.21. The molecule has 0 bridgehead atoms. The topological polar surface area (TPSA) is 79.0 Å². The van der Waals surface area contributed by atoms with Crippen LogP contribution < -0.4 is 9.62 Å². The van der Waals surface area contributed by atoms with Crippen LogP contribution in [0.1, 0.15) is 27.0 Å². The normalized spacial score (nSPS) is 11.2. The molecule has 3 rings (SSSR count). The highest BCUT2D eigenvalue weighted by molar-refractivity contribution is 7.92. The van der Waals surface area contributed by atoms with Gasteiger partial charge < -0.3 is 4.90 Å². The van der Waals surface area contributed by atoms with Gasteiger partial charge in [0.05, 0.1) is 19.1 Å². The largest absolute Gasteiger partial charge is 0.363 e. The molecule has 1 N–H and O–H groups in total. The molecular formula is C25H29N3O4S. The van der Waals surface area contributed by atoms with Gasteiger partial charge in [-0.05, 0) is 47.9 Å². The molecule has 0 aliphatic carbocycles. The Labute approximate surface area is 195 Å². The van der Waals surface area contributed by atoms with Crippen LogP contribution in [0.2, 0.25) is 0 Å². The van der Waals surface area contributed by atoms with E-state index in [1.54, 1.807) is 25.2 Å². The van der Waals surface area contributed by atoms with Gasteiger partial charge in [-0.1, -0.05) is 48.5 Å². The van der Waals surface area contributed by atoms with Gasteiger partial charge in [0.25, 0.3) is 5.91 Å². The van der Waals surface area contributed by atoms with E-state index in [4.69, 9.17) is 4.84 Å². The van der Waals surface area contributed by atoms with Crippen LogP contribution in [-0.4, -0.2) is 39.8 Å². The molecule has 0 saturated carbocycles. The van der Waals surface area contributed by atoms with E-state index in [1.807, 2.05) is 49.4 Å². The van der Waals surface area contributed by atoms with E-state index in [1.165, 1.54) is 12.2 Å². The van der Waals surface area contributed by atoms with Gasteiger partial charge in [0.15, 0.2) is 0 Å². The van der Waals surface area contributed by atoms with Crippen LogP contribution in [-0.2, 0) is 28.0 Å². The summed E-state index contributed by atoms with van der Waals surface area (Å²) in [4.78, 5) is 19.5. The van der Waals surface area contributed by atoms with Crippen molar-refractivity contribution in [2.24, 2.45) is 0 Å². The van der Waals surface area contributed by atoms with Gasteiger partial charge in [-0.3, -0.25) is 14.4 Å². The first kappa shape index (κ1) is 24.3. The van der Waals surface area contributed by atoms with Crippen LogP contribution in [0.25, 0.3) is 0 Å². The van der Waals surface area contributed by atoms with Crippen molar-refractivity contribution in [3.05, 3.63) is 95.1 Å². The molecule has 0 aliphatic heterocycles. The molecule has 174 valence electrons. The average Bonchev–Trinajstić information content (AvgIpc) is 2.79. The lowest BCUT2D eigenvalue weighted by Gasteiger charge is -2.28. The molecule has 7 nitrogen and oxygen atoms in total. The van der Waals surface area contributed by atoms with Crippen molar-refractivity contribution >= 4 is 27.3 Å². The second kappa shape index (κ2) is 10.5. The number of anilines is 2. The summed E-state index contributed by atoms with van der Waals surface area (Å²) in [6.07, 6.45) is 1.14. The van der Waals surface area contributed by atoms with Crippen molar-refractivity contribution < 1.29 is 18.0 Å². The van der Waals surface area contributed by atoms with Gasteiger partial charge in [-0.15, -0.1) is 0 Å². The van der Waals surface area contributed by atoms with E-state index in [-0.39, 0.29) is 5.91 Å². The average molecular weight is 468 g/mol. The number of carbonyl (C=O) groups is 1. The number of nitrogens with zero attached hydrogens (tertiary/aromatic N) is 2. The number of hydroxylamine groups is 2. The Hall–Kier alpha value is -3.36. The Morgan fingerprint density at radius 1 is 0.909 bits per heavy atom. The zero-order chi connectivity index (χ0) is 24.0. The van der Waals surface area contributed by atoms with Gasteiger partial charge in [0, 0.05) is 31.4 Å². The summed E-state index contributed by atoms with van der Waals surface area (Å²) < 4.78 is 26.2. The summed E-state index contributed by atoms with van der Waals surface area (Å²) >= 11 is 0. The molecule has 0 unspecified atom stereocenters. The lowest BCUT2D eigenvalue weighted by Crippen LogP contribution is -2.25. The summed E-state index contributed by atoms with van der Waals surface area (Å²) in [6.45, 7) is 3.12. The number of hydrogen-bond acceptors (Lipinski definition) is 5. The molecule has 0 aliphatic rings. The first-order chi connectivity index (χ1) is 15.7. The maximum atomic E-state index is 12.3. The molecule has 0 fully saturated rings. The summed E-state index contributed by atoms with van der Waals surface area (Å²) in [6, 6.07) is 23.1. The van der Waals surface area contributed by atoms with E-state index in [0.717, 1.165) is 28.6 Å². The van der Waals surface area contributed by atoms with E-state index in [9.17, 15) is 13.2 Å². The highest BCUT2D eigenvalue weighted by atomic mass is 32.2. The van der Waals surface area contributed by atoms with E-state index < -0.39 is 10.0 Å². The van der Waals surface area contributed by atoms with Crippen molar-refractivity contribution in [3.8, 4) is 0 Å². The molecule has 1 amide bonds. The molecule has 3 aromatic carbocycles. The number of hydrogen-bond donors (Lipinski definition) is 1. The second-order valence-electron chi connectivity index (χ2n) is 7.85. The molecule has 33 heavy (non-hydrogen) atoms. The number of amides is 1. The molecule has 8 heteroatoms. The Bertz CT molecular complexity index is 1200. The highest BCUT2D eigenvalue weighted by Crippen LogP contribution is 2.30. The van der Waals surface area contributed by atoms with Crippen LogP contribution in [0, 0.1) is 6.92 Å². The van der Waals surface area contributed by atoms with Crippen LogP contribution >= 0.6 is 0 Å². The highest BCUT2D eigenvalue weighted by Gasteiger charge is 2.16. The van der Waals surface area contributed by atoms with Crippen LogP contribution in [0.15, 0.2) is 72.8 Å². The first-order valence-corrected chi connectivity index (χ1v) is 12.3. The first-order valence-electron chi connectivity index (χ1n) is 10.5. The second-order valence-corrected chi connectivity index (χ2v) is 9.60. The van der Waals surface area contributed by atoms with Gasteiger partial charge in [-0.25, -0.2) is 13.5 Å². The summed E-state index contributed by atoms with van der Waals surface area (Å²) in [5, 5.41) is 1.18. The number of carbonyl (C=O) groups excluding carboxylic acids is 1. The molecule has 0 aromatic heterocycles. The van der Waals surface area contributed by atoms with Gasteiger partial charge >= 0.3 is 0 Å². The smallest absolute Gasteiger partial charge is 0.277 e. The third kappa shape index (κ3) is 6.57. The van der Waals surface area contributed by atoms with E-state index in [2.05, 4.69) is 21.8 Å². The fourth-order valence-corrected chi connectivity index (χ4v) is 4.16. The molecule has 0 atom stereocenters. The van der Waals surface area contributed by atoms with Crippen molar-refractivity contribution in [2.75, 3.05) is 30.0 Å². The maximum absolute atomic E-state index is 12.3. The van der Waals surface area contributed by atoms with Crippen molar-refractivity contribution in [1.29, 1.82) is 0 Å². The molecular weight excluding hydrogens is 438 g/mol. The standard InChI is InChI=1S/C25H29N3O4S/c1-19-23(26-33(4,30)31)11-8-12-24(19)28(17-20-9-6-5-7-10-20)18-21-13-15-22(16-14-21)25(29)27(2)32-3/h5-16,26H,17-18H2,1-4H3. The Kier molecular flexibility index (Phi) is 7.73. The number of benzene rings is 3. The fourth-order valence-electron chi connectivity index (χ4n) is 3.54. The van der Waals surface area contributed by atoms with Crippen LogP contribution in [0.3, 0.4) is 0 Å². The SMILES string of the molecule is CON(C)C(=O)c1ccc(CN(Cc2ccccc2)c2cccc(NS(C)(=O)=O)c2C)cc1. The van der Waals surface area contributed by atoms with Gasteiger partial charge in [0.2, 0.25) is 10.0 Å². The van der Waals surface area contributed by atoms with Crippen LogP contribution in [0.4, 0.5) is 11.4 Å². The maximum Gasteiger partial charge on any atom is 0.277 e. The Morgan fingerprint density at radius 2 is 1.52 bits per heavy atom.